The summed E-state index contributed by atoms with van der Waals surface area (Å²) in [5, 5.41) is 3.31. The molecule has 1 unspecified atom stereocenters. The summed E-state index contributed by atoms with van der Waals surface area (Å²) in [6, 6.07) is 5.41. The van der Waals surface area contributed by atoms with Gasteiger partial charge in [-0.05, 0) is 31.0 Å². The van der Waals surface area contributed by atoms with Crippen molar-refractivity contribution in [2.75, 3.05) is 31.4 Å². The number of benzene rings is 1. The highest BCUT2D eigenvalue weighted by Crippen LogP contribution is 2.22. The van der Waals surface area contributed by atoms with E-state index in [-0.39, 0.29) is 12.0 Å². The minimum atomic E-state index is -0.387. The monoisotopic (exact) mass is 250 g/mol. The molecule has 1 aromatic carbocycles. The van der Waals surface area contributed by atoms with Crippen LogP contribution >= 0.6 is 0 Å². The third kappa shape index (κ3) is 2.92. The Bertz CT molecular complexity index is 428. The number of hydrogen-bond donors (Lipinski definition) is 2. The van der Waals surface area contributed by atoms with Gasteiger partial charge in [-0.25, -0.2) is 4.79 Å². The fourth-order valence-electron chi connectivity index (χ4n) is 2.04. The molecule has 5 nitrogen and oxygen atoms in total. The van der Waals surface area contributed by atoms with Gasteiger partial charge in [0.05, 0.1) is 19.3 Å². The van der Waals surface area contributed by atoms with Gasteiger partial charge in [0.15, 0.2) is 0 Å². The van der Waals surface area contributed by atoms with Crippen molar-refractivity contribution in [3.63, 3.8) is 0 Å². The van der Waals surface area contributed by atoms with Gasteiger partial charge >= 0.3 is 5.97 Å². The molecule has 1 saturated heterocycles. The van der Waals surface area contributed by atoms with Crippen molar-refractivity contribution in [3.05, 3.63) is 23.8 Å². The second kappa shape index (κ2) is 5.73. The van der Waals surface area contributed by atoms with Gasteiger partial charge in [-0.1, -0.05) is 0 Å². The summed E-state index contributed by atoms with van der Waals surface area (Å²) in [4.78, 5) is 11.7. The van der Waals surface area contributed by atoms with Crippen molar-refractivity contribution in [3.8, 4) is 0 Å². The van der Waals surface area contributed by atoms with Crippen molar-refractivity contribution in [2.45, 2.75) is 18.9 Å². The van der Waals surface area contributed by atoms with E-state index in [0.717, 1.165) is 25.1 Å². The van der Waals surface area contributed by atoms with E-state index >= 15 is 0 Å². The Morgan fingerprint density at radius 2 is 2.39 bits per heavy atom. The largest absolute Gasteiger partial charge is 0.465 e. The van der Waals surface area contributed by atoms with Crippen LogP contribution in [0.4, 0.5) is 11.4 Å². The maximum absolute atomic E-state index is 11.7. The molecule has 1 fully saturated rings. The van der Waals surface area contributed by atoms with Crippen LogP contribution in [-0.4, -0.2) is 32.3 Å². The first-order valence-electron chi connectivity index (χ1n) is 6.03. The van der Waals surface area contributed by atoms with Crippen molar-refractivity contribution in [1.29, 1.82) is 0 Å². The Morgan fingerprint density at radius 3 is 3.06 bits per heavy atom. The minimum absolute atomic E-state index is 0.228. The van der Waals surface area contributed by atoms with Crippen LogP contribution < -0.4 is 11.1 Å². The predicted molar refractivity (Wildman–Crippen MR) is 69.7 cm³/mol. The van der Waals surface area contributed by atoms with Gasteiger partial charge in [-0.2, -0.15) is 0 Å². The Hall–Kier alpha value is -1.75. The van der Waals surface area contributed by atoms with Crippen molar-refractivity contribution in [1.82, 2.24) is 0 Å². The molecule has 1 aliphatic rings. The van der Waals surface area contributed by atoms with Crippen LogP contribution in [0.2, 0.25) is 0 Å². The fraction of sp³-hybridized carbons (Fsp3) is 0.462. The first kappa shape index (κ1) is 12.7. The minimum Gasteiger partial charge on any atom is -0.465 e. The van der Waals surface area contributed by atoms with Crippen LogP contribution in [0.3, 0.4) is 0 Å². The molecule has 0 aromatic heterocycles. The Kier molecular flexibility index (Phi) is 4.04. The van der Waals surface area contributed by atoms with E-state index in [1.165, 1.54) is 7.11 Å². The first-order valence-corrected chi connectivity index (χ1v) is 6.03. The molecule has 1 heterocycles. The number of ether oxygens (including phenoxy) is 2. The highest BCUT2D eigenvalue weighted by atomic mass is 16.5. The molecular weight excluding hydrogens is 232 g/mol. The molecule has 18 heavy (non-hydrogen) atoms. The van der Waals surface area contributed by atoms with E-state index in [4.69, 9.17) is 15.2 Å². The molecule has 0 bridgehead atoms. The predicted octanol–water partition coefficient (Wildman–Crippen LogP) is 1.65. The van der Waals surface area contributed by atoms with Gasteiger partial charge in [0.25, 0.3) is 0 Å². The van der Waals surface area contributed by atoms with Crippen molar-refractivity contribution in [2.24, 2.45) is 0 Å². The van der Waals surface area contributed by atoms with Gasteiger partial charge in [0.1, 0.15) is 0 Å². The number of nitrogens with two attached hydrogens (primary N) is 1. The summed E-state index contributed by atoms with van der Waals surface area (Å²) in [6.45, 7) is 1.47. The summed E-state index contributed by atoms with van der Waals surface area (Å²) in [5.74, 6) is -0.387. The van der Waals surface area contributed by atoms with Crippen LogP contribution in [0.25, 0.3) is 0 Å². The first-order chi connectivity index (χ1) is 8.70. The Morgan fingerprint density at radius 1 is 1.56 bits per heavy atom. The molecule has 5 heteroatoms. The third-order valence-corrected chi connectivity index (χ3v) is 2.97. The molecule has 0 radical (unpaired) electrons. The normalized spacial score (nSPS) is 19.3. The van der Waals surface area contributed by atoms with Crippen molar-refractivity contribution >= 4 is 17.3 Å². The number of nitrogens with one attached hydrogen (secondary N) is 1. The molecule has 0 saturated carbocycles. The summed E-state index contributed by atoms with van der Waals surface area (Å²) < 4.78 is 10.2. The van der Waals surface area contributed by atoms with Crippen LogP contribution in [-0.2, 0) is 9.47 Å². The second-order valence-electron chi connectivity index (χ2n) is 4.36. The number of carbonyl (C=O) groups is 1. The molecule has 1 aliphatic heterocycles. The summed E-state index contributed by atoms with van der Waals surface area (Å²) >= 11 is 0. The summed E-state index contributed by atoms with van der Waals surface area (Å²) in [5.41, 5.74) is 7.44. The molecule has 3 N–H and O–H groups in total. The van der Waals surface area contributed by atoms with Crippen LogP contribution in [0.1, 0.15) is 23.2 Å². The SMILES string of the molecule is COC(=O)c1cc(N)ccc1NC1CCCOC1. The lowest BCUT2D eigenvalue weighted by Gasteiger charge is -2.25. The highest BCUT2D eigenvalue weighted by molar-refractivity contribution is 5.96. The maximum Gasteiger partial charge on any atom is 0.340 e. The quantitative estimate of drug-likeness (QED) is 0.630. The van der Waals surface area contributed by atoms with E-state index in [1.54, 1.807) is 18.2 Å². The molecule has 1 atom stereocenters. The second-order valence-corrected chi connectivity index (χ2v) is 4.36. The molecule has 98 valence electrons. The number of esters is 1. The third-order valence-electron chi connectivity index (χ3n) is 2.97. The van der Waals surface area contributed by atoms with E-state index in [9.17, 15) is 4.79 Å². The van der Waals surface area contributed by atoms with E-state index in [2.05, 4.69) is 5.32 Å². The summed E-state index contributed by atoms with van der Waals surface area (Å²) in [6.07, 6.45) is 2.06. The molecule has 0 spiro atoms. The topological polar surface area (TPSA) is 73.6 Å². The fourth-order valence-corrected chi connectivity index (χ4v) is 2.04. The van der Waals surface area contributed by atoms with E-state index in [1.807, 2.05) is 0 Å². The van der Waals surface area contributed by atoms with E-state index in [0.29, 0.717) is 17.9 Å². The molecule has 0 aliphatic carbocycles. The number of rotatable bonds is 3. The van der Waals surface area contributed by atoms with Crippen LogP contribution in [0.5, 0.6) is 0 Å². The van der Waals surface area contributed by atoms with Crippen LogP contribution in [0, 0.1) is 0 Å². The Balaban J connectivity index is 2.17. The average Bonchev–Trinajstić information content (AvgIpc) is 2.41. The molecule has 1 aromatic rings. The molecule has 2 rings (SSSR count). The van der Waals surface area contributed by atoms with E-state index < -0.39 is 0 Å². The van der Waals surface area contributed by atoms with Gasteiger partial charge in [0, 0.05) is 24.0 Å². The summed E-state index contributed by atoms with van der Waals surface area (Å²) in [7, 11) is 1.36. The molecular formula is C13H18N2O3. The highest BCUT2D eigenvalue weighted by Gasteiger charge is 2.18. The number of hydrogen-bond acceptors (Lipinski definition) is 5. The zero-order valence-corrected chi connectivity index (χ0v) is 10.4. The lowest BCUT2D eigenvalue weighted by Crippen LogP contribution is -2.30. The van der Waals surface area contributed by atoms with Gasteiger partial charge in [0.2, 0.25) is 0 Å². The van der Waals surface area contributed by atoms with Gasteiger partial charge < -0.3 is 20.5 Å². The van der Waals surface area contributed by atoms with Gasteiger partial charge in [-0.3, -0.25) is 0 Å². The zero-order chi connectivity index (χ0) is 13.0. The number of anilines is 2. The molecule has 0 amide bonds. The van der Waals surface area contributed by atoms with Gasteiger partial charge in [-0.15, -0.1) is 0 Å². The smallest absolute Gasteiger partial charge is 0.340 e. The zero-order valence-electron chi connectivity index (χ0n) is 10.4. The average molecular weight is 250 g/mol. The maximum atomic E-state index is 11.7. The number of nitrogen functional groups attached to an aromatic ring is 1. The lowest BCUT2D eigenvalue weighted by atomic mass is 10.1. The van der Waals surface area contributed by atoms with Crippen LogP contribution in [0.15, 0.2) is 18.2 Å². The lowest BCUT2D eigenvalue weighted by molar-refractivity contribution is 0.0601. The number of methoxy groups -OCH3 is 1. The Labute approximate surface area is 106 Å². The van der Waals surface area contributed by atoms with Crippen molar-refractivity contribution < 1.29 is 14.3 Å². The number of carbonyl (C=O) groups excluding carboxylic acids is 1. The standard InChI is InChI=1S/C13H18N2O3/c1-17-13(16)11-7-9(14)4-5-12(11)15-10-3-2-6-18-8-10/h4-5,7,10,15H,2-3,6,8,14H2,1H3.